The van der Waals surface area contributed by atoms with Gasteiger partial charge in [0.1, 0.15) is 0 Å². The van der Waals surface area contributed by atoms with Crippen LogP contribution in [0.3, 0.4) is 0 Å². The number of aromatic amines is 1. The lowest BCUT2D eigenvalue weighted by Gasteiger charge is -2.08. The third-order valence-corrected chi connectivity index (χ3v) is 6.01. The molecule has 2 N–H and O–H groups in total. The second-order valence-electron chi connectivity index (χ2n) is 6.97. The molecule has 9 heteroatoms. The second kappa shape index (κ2) is 7.92. The van der Waals surface area contributed by atoms with Crippen molar-refractivity contribution in [3.63, 3.8) is 0 Å². The van der Waals surface area contributed by atoms with E-state index in [2.05, 4.69) is 32.1 Å². The average Bonchev–Trinajstić information content (AvgIpc) is 3.24. The molecule has 1 aromatic carbocycles. The lowest BCUT2D eigenvalue weighted by atomic mass is 10.0. The van der Waals surface area contributed by atoms with Gasteiger partial charge >= 0.3 is 0 Å². The summed E-state index contributed by atoms with van der Waals surface area (Å²) in [6, 6.07) is 7.70. The smallest absolute Gasteiger partial charge is 0.258 e. The molecule has 0 spiro atoms. The molecule has 0 saturated carbocycles. The molecule has 1 amide bonds. The zero-order valence-electron chi connectivity index (χ0n) is 16.8. The predicted molar refractivity (Wildman–Crippen MR) is 123 cm³/mol. The van der Waals surface area contributed by atoms with Gasteiger partial charge in [0.25, 0.3) is 5.91 Å². The van der Waals surface area contributed by atoms with Crippen LogP contribution in [0, 0.1) is 25.5 Å². The van der Waals surface area contributed by atoms with Crippen LogP contribution in [-0.4, -0.2) is 30.6 Å². The van der Waals surface area contributed by atoms with E-state index in [9.17, 15) is 4.79 Å². The van der Waals surface area contributed by atoms with Crippen LogP contribution in [-0.2, 0) is 6.54 Å². The highest BCUT2D eigenvalue weighted by Crippen LogP contribution is 2.32. The first-order valence-corrected chi connectivity index (χ1v) is 10.5. The molecule has 7 nitrogen and oxygen atoms in total. The van der Waals surface area contributed by atoms with Crippen molar-refractivity contribution in [2.75, 3.05) is 5.32 Å². The predicted octanol–water partition coefficient (Wildman–Crippen LogP) is 4.98. The third kappa shape index (κ3) is 3.69. The van der Waals surface area contributed by atoms with Crippen LogP contribution in [0.2, 0.25) is 0 Å². The summed E-state index contributed by atoms with van der Waals surface area (Å²) < 4.78 is 2.36. The Labute approximate surface area is 182 Å². The molecule has 0 aliphatic rings. The summed E-state index contributed by atoms with van der Waals surface area (Å²) >= 11 is 6.65. The van der Waals surface area contributed by atoms with Gasteiger partial charge in [-0.15, -0.1) is 6.58 Å². The maximum absolute atomic E-state index is 13.1. The summed E-state index contributed by atoms with van der Waals surface area (Å²) in [5, 5.41) is 11.4. The molecule has 0 bridgehead atoms. The molecule has 0 aliphatic heterocycles. The van der Waals surface area contributed by atoms with E-state index in [-0.39, 0.29) is 5.91 Å². The molecule has 4 aromatic rings. The van der Waals surface area contributed by atoms with Crippen LogP contribution in [0.5, 0.6) is 0 Å². The summed E-state index contributed by atoms with van der Waals surface area (Å²) in [7, 11) is 0. The fourth-order valence-electron chi connectivity index (χ4n) is 3.27. The number of H-pyrrole nitrogens is 1. The molecule has 0 fully saturated rings. The lowest BCUT2D eigenvalue weighted by molar-refractivity contribution is 0.102. The number of hydrogen-bond donors (Lipinski definition) is 2. The fraction of sp³-hybridized carbons (Fsp3) is 0.190. The monoisotopic (exact) mass is 436 g/mol. The van der Waals surface area contributed by atoms with Crippen LogP contribution >= 0.6 is 23.6 Å². The van der Waals surface area contributed by atoms with Crippen molar-refractivity contribution < 1.29 is 4.79 Å². The molecular formula is C21H20N6OS2. The van der Waals surface area contributed by atoms with Crippen molar-refractivity contribution >= 4 is 45.5 Å². The number of nitrogens with one attached hydrogen (secondary N) is 2. The number of rotatable bonds is 5. The zero-order valence-corrected chi connectivity index (χ0v) is 18.4. The van der Waals surface area contributed by atoms with Crippen LogP contribution in [0.1, 0.15) is 27.3 Å². The number of allylic oxidation sites excluding steroid dienone is 1. The van der Waals surface area contributed by atoms with E-state index in [1.807, 2.05) is 43.5 Å². The Balaban J connectivity index is 1.70. The number of pyridine rings is 1. The highest BCUT2D eigenvalue weighted by atomic mass is 32.1. The van der Waals surface area contributed by atoms with E-state index in [1.165, 1.54) is 11.3 Å². The maximum atomic E-state index is 13.1. The molecule has 0 unspecified atom stereocenters. The molecular weight excluding hydrogens is 416 g/mol. The van der Waals surface area contributed by atoms with E-state index in [0.29, 0.717) is 27.8 Å². The number of fused-ring (bicyclic) bond motifs is 1. The van der Waals surface area contributed by atoms with Gasteiger partial charge in [-0.25, -0.2) is 4.98 Å². The molecule has 4 rings (SSSR count). The number of benzene rings is 1. The van der Waals surface area contributed by atoms with E-state index in [1.54, 1.807) is 12.1 Å². The van der Waals surface area contributed by atoms with E-state index in [0.717, 1.165) is 32.7 Å². The van der Waals surface area contributed by atoms with Crippen molar-refractivity contribution in [2.24, 2.45) is 0 Å². The number of nitrogens with zero attached hydrogens (tertiary/aromatic N) is 4. The summed E-state index contributed by atoms with van der Waals surface area (Å²) in [6.07, 6.45) is 1.76. The van der Waals surface area contributed by atoms with Gasteiger partial charge in [-0.3, -0.25) is 24.8 Å². The van der Waals surface area contributed by atoms with Crippen LogP contribution in [0.15, 0.2) is 36.9 Å². The summed E-state index contributed by atoms with van der Waals surface area (Å²) in [6.45, 7) is 10.1. The van der Waals surface area contributed by atoms with E-state index in [4.69, 9.17) is 12.2 Å². The van der Waals surface area contributed by atoms with Gasteiger partial charge in [-0.05, 0) is 51.2 Å². The van der Waals surface area contributed by atoms with E-state index >= 15 is 0 Å². The van der Waals surface area contributed by atoms with Crippen molar-refractivity contribution in [1.82, 2.24) is 24.7 Å². The second-order valence-corrected chi connectivity index (χ2v) is 8.36. The minimum absolute atomic E-state index is 0.221. The first-order valence-electron chi connectivity index (χ1n) is 9.30. The quantitative estimate of drug-likeness (QED) is 0.340. The van der Waals surface area contributed by atoms with Crippen molar-refractivity contribution in [3.8, 4) is 10.7 Å². The van der Waals surface area contributed by atoms with Gasteiger partial charge in [0.2, 0.25) is 0 Å². The number of carbonyl (C=O) groups is 1. The maximum Gasteiger partial charge on any atom is 0.258 e. The highest BCUT2D eigenvalue weighted by molar-refractivity contribution is 7.71. The highest BCUT2D eigenvalue weighted by Gasteiger charge is 2.19. The number of carbonyl (C=O) groups excluding carboxylic acids is 1. The number of aromatic nitrogens is 5. The Bertz CT molecular complexity index is 1350. The number of amides is 1. The average molecular weight is 437 g/mol. The van der Waals surface area contributed by atoms with Gasteiger partial charge in [0.05, 0.1) is 21.7 Å². The SMILES string of the molecule is C=CCn1c(-c2sc(NC(=O)c3cc(C)nc4ccc(C)cc34)nc2C)n[nH]c1=S. The Hall–Kier alpha value is -3.17. The Morgan fingerprint density at radius 2 is 2.10 bits per heavy atom. The van der Waals surface area contributed by atoms with Gasteiger partial charge < -0.3 is 0 Å². The first kappa shape index (κ1) is 20.1. The summed E-state index contributed by atoms with van der Waals surface area (Å²) in [5.41, 5.74) is 3.99. The van der Waals surface area contributed by atoms with Crippen molar-refractivity contribution in [2.45, 2.75) is 27.3 Å². The number of aryl methyl sites for hydroxylation is 3. The Kier molecular flexibility index (Phi) is 5.31. The zero-order chi connectivity index (χ0) is 21.4. The fourth-order valence-corrected chi connectivity index (χ4v) is 4.44. The van der Waals surface area contributed by atoms with Crippen molar-refractivity contribution in [3.05, 3.63) is 64.2 Å². The minimum Gasteiger partial charge on any atom is -0.298 e. The normalized spacial score (nSPS) is 11.0. The number of anilines is 1. The third-order valence-electron chi connectivity index (χ3n) is 4.63. The van der Waals surface area contributed by atoms with Crippen molar-refractivity contribution in [1.29, 1.82) is 0 Å². The standard InChI is InChI=1S/C21H20N6OS2/c1-5-8-27-18(25-26-21(27)29)17-13(4)23-20(30-17)24-19(28)15-10-12(3)22-16-7-6-11(2)9-14(15)16/h5-7,9-10H,1,8H2,2-4H3,(H,26,29)(H,23,24,28). The van der Waals surface area contributed by atoms with Gasteiger partial charge in [-0.1, -0.05) is 29.0 Å². The van der Waals surface area contributed by atoms with Crippen LogP contribution < -0.4 is 5.32 Å². The minimum atomic E-state index is -0.221. The molecule has 30 heavy (non-hydrogen) atoms. The van der Waals surface area contributed by atoms with Gasteiger partial charge in [-0.2, -0.15) is 5.10 Å². The summed E-state index contributed by atoms with van der Waals surface area (Å²) in [5.74, 6) is 0.456. The Morgan fingerprint density at radius 1 is 1.30 bits per heavy atom. The largest absolute Gasteiger partial charge is 0.298 e. The van der Waals surface area contributed by atoms with Crippen LogP contribution in [0.4, 0.5) is 5.13 Å². The topological polar surface area (TPSA) is 88.5 Å². The lowest BCUT2D eigenvalue weighted by Crippen LogP contribution is -2.13. The molecule has 0 saturated heterocycles. The van der Waals surface area contributed by atoms with Gasteiger partial charge in [0, 0.05) is 17.6 Å². The number of thiazole rings is 1. The van der Waals surface area contributed by atoms with Gasteiger partial charge in [0.15, 0.2) is 15.7 Å². The molecule has 0 aliphatic carbocycles. The molecule has 3 heterocycles. The summed E-state index contributed by atoms with van der Waals surface area (Å²) in [4.78, 5) is 23.0. The van der Waals surface area contributed by atoms with Crippen LogP contribution in [0.25, 0.3) is 21.6 Å². The number of hydrogen-bond acceptors (Lipinski definition) is 6. The Morgan fingerprint density at radius 3 is 2.87 bits per heavy atom. The molecule has 0 radical (unpaired) electrons. The van der Waals surface area contributed by atoms with E-state index < -0.39 is 0 Å². The first-order chi connectivity index (χ1) is 14.4. The molecule has 3 aromatic heterocycles. The molecule has 152 valence electrons. The molecule has 0 atom stereocenters.